The zero-order chi connectivity index (χ0) is 12.4. The summed E-state index contributed by atoms with van der Waals surface area (Å²) in [5.41, 5.74) is 0. The van der Waals surface area contributed by atoms with Gasteiger partial charge >= 0.3 is 0 Å². The highest BCUT2D eigenvalue weighted by atomic mass is 16.5. The van der Waals surface area contributed by atoms with Crippen LogP contribution in [0.25, 0.3) is 0 Å². The average molecular weight is 229 g/mol. The van der Waals surface area contributed by atoms with Gasteiger partial charge < -0.3 is 9.85 Å². The Hall–Kier alpha value is -0.0800. The van der Waals surface area contributed by atoms with Gasteiger partial charge in [0, 0.05) is 5.92 Å². The smallest absolute Gasteiger partial charge is 0.0805 e. The van der Waals surface area contributed by atoms with Gasteiger partial charge in [0.1, 0.15) is 0 Å². The molecule has 0 aliphatic rings. The molecule has 0 fully saturated rings. The second kappa shape index (κ2) is 9.00. The highest BCUT2D eigenvalue weighted by molar-refractivity contribution is 4.53. The van der Waals surface area contributed by atoms with Crippen LogP contribution in [0.5, 0.6) is 0 Å². The molecule has 0 rings (SSSR count). The number of quaternary nitrogens is 1. The Morgan fingerprint density at radius 3 is 1.94 bits per heavy atom. The van der Waals surface area contributed by atoms with E-state index in [0.717, 1.165) is 6.54 Å². The number of hydroxylamine groups is 3. The molecule has 1 unspecified atom stereocenters. The van der Waals surface area contributed by atoms with Crippen LogP contribution in [0.15, 0.2) is 0 Å². The third kappa shape index (κ3) is 12.0. The molecule has 2 heteroatoms. The highest BCUT2D eigenvalue weighted by Crippen LogP contribution is 2.14. The SMILES string of the molecule is CCCCCCCCCC(C)C[N+](C)(C)[O-]. The van der Waals surface area contributed by atoms with Crippen LogP contribution >= 0.6 is 0 Å². The predicted molar refractivity (Wildman–Crippen MR) is 72.1 cm³/mol. The summed E-state index contributed by atoms with van der Waals surface area (Å²) >= 11 is 0. The first-order valence-corrected chi connectivity index (χ1v) is 6.99. The number of nitrogens with zero attached hydrogens (tertiary/aromatic N) is 1. The largest absolute Gasteiger partial charge is 0.633 e. The summed E-state index contributed by atoms with van der Waals surface area (Å²) in [6.07, 6.45) is 10.8. The van der Waals surface area contributed by atoms with E-state index in [-0.39, 0.29) is 4.65 Å². The molecule has 0 aliphatic carbocycles. The number of rotatable bonds is 10. The van der Waals surface area contributed by atoms with E-state index < -0.39 is 0 Å². The number of hydrogen-bond donors (Lipinski definition) is 0. The minimum atomic E-state index is -0.141. The summed E-state index contributed by atoms with van der Waals surface area (Å²) in [7, 11) is 3.47. The van der Waals surface area contributed by atoms with E-state index >= 15 is 0 Å². The standard InChI is InChI=1S/C14H31NO/c1-5-6-7-8-9-10-11-12-14(2)13-15(3,4)16/h14H,5-13H2,1-4H3. The van der Waals surface area contributed by atoms with Gasteiger partial charge in [-0.05, 0) is 6.42 Å². The Morgan fingerprint density at radius 1 is 0.938 bits per heavy atom. The molecule has 16 heavy (non-hydrogen) atoms. The molecule has 0 saturated carbocycles. The lowest BCUT2D eigenvalue weighted by molar-refractivity contribution is -0.843. The van der Waals surface area contributed by atoms with Crippen LogP contribution in [-0.4, -0.2) is 25.3 Å². The van der Waals surface area contributed by atoms with Gasteiger partial charge in [-0.15, -0.1) is 0 Å². The Kier molecular flexibility index (Phi) is 8.96. The first kappa shape index (κ1) is 15.9. The van der Waals surface area contributed by atoms with Crippen LogP contribution < -0.4 is 0 Å². The van der Waals surface area contributed by atoms with Crippen LogP contribution in [0.4, 0.5) is 0 Å². The first-order chi connectivity index (χ1) is 7.45. The Morgan fingerprint density at radius 2 is 1.44 bits per heavy atom. The lowest BCUT2D eigenvalue weighted by atomic mass is 10.0. The third-order valence-electron chi connectivity index (χ3n) is 3.05. The van der Waals surface area contributed by atoms with Gasteiger partial charge in [-0.25, -0.2) is 0 Å². The minimum Gasteiger partial charge on any atom is -0.633 e. The van der Waals surface area contributed by atoms with Crippen LogP contribution in [0.2, 0.25) is 0 Å². The molecule has 0 radical (unpaired) electrons. The second-order valence-electron chi connectivity index (χ2n) is 5.77. The maximum atomic E-state index is 11.5. The summed E-state index contributed by atoms with van der Waals surface area (Å²) in [6.45, 7) is 5.22. The highest BCUT2D eigenvalue weighted by Gasteiger charge is 2.09. The minimum absolute atomic E-state index is 0.141. The third-order valence-corrected chi connectivity index (χ3v) is 3.05. The van der Waals surface area contributed by atoms with Crippen molar-refractivity contribution in [3.05, 3.63) is 5.21 Å². The normalized spacial score (nSPS) is 14.1. The Balaban J connectivity index is 3.25. The van der Waals surface area contributed by atoms with Crippen molar-refractivity contribution >= 4 is 0 Å². The van der Waals surface area contributed by atoms with Crippen molar-refractivity contribution in [2.45, 2.75) is 65.2 Å². The second-order valence-corrected chi connectivity index (χ2v) is 5.77. The van der Waals surface area contributed by atoms with Gasteiger partial charge in [0.15, 0.2) is 0 Å². The lowest BCUT2D eigenvalue weighted by Crippen LogP contribution is -2.36. The maximum absolute atomic E-state index is 11.5. The van der Waals surface area contributed by atoms with Crippen LogP contribution in [0.3, 0.4) is 0 Å². The van der Waals surface area contributed by atoms with E-state index in [1.807, 2.05) is 0 Å². The van der Waals surface area contributed by atoms with Gasteiger partial charge in [-0.1, -0.05) is 58.8 Å². The summed E-state index contributed by atoms with van der Waals surface area (Å²) in [6, 6.07) is 0. The van der Waals surface area contributed by atoms with E-state index in [1.54, 1.807) is 14.1 Å². The lowest BCUT2D eigenvalue weighted by Gasteiger charge is -2.36. The molecular weight excluding hydrogens is 198 g/mol. The molecule has 0 amide bonds. The van der Waals surface area contributed by atoms with Gasteiger partial charge in [0.2, 0.25) is 0 Å². The zero-order valence-corrected chi connectivity index (χ0v) is 11.8. The van der Waals surface area contributed by atoms with E-state index in [1.165, 1.54) is 51.4 Å². The van der Waals surface area contributed by atoms with Gasteiger partial charge in [-0.2, -0.15) is 0 Å². The molecule has 0 aromatic heterocycles. The maximum Gasteiger partial charge on any atom is 0.0805 e. The molecule has 2 nitrogen and oxygen atoms in total. The summed E-state index contributed by atoms with van der Waals surface area (Å²) in [4.78, 5) is 0. The van der Waals surface area contributed by atoms with Crippen molar-refractivity contribution in [1.82, 2.24) is 0 Å². The molecule has 98 valence electrons. The number of unbranched alkanes of at least 4 members (excludes halogenated alkanes) is 6. The van der Waals surface area contributed by atoms with Crippen molar-refractivity contribution in [2.75, 3.05) is 20.6 Å². The molecular formula is C14H31NO. The molecule has 0 aliphatic heterocycles. The van der Waals surface area contributed by atoms with Crippen molar-refractivity contribution < 1.29 is 4.65 Å². The Bertz CT molecular complexity index is 151. The fourth-order valence-electron chi connectivity index (χ4n) is 2.29. The monoisotopic (exact) mass is 229 g/mol. The van der Waals surface area contributed by atoms with E-state index in [0.29, 0.717) is 5.92 Å². The van der Waals surface area contributed by atoms with E-state index in [4.69, 9.17) is 0 Å². The molecule has 0 aromatic rings. The van der Waals surface area contributed by atoms with Crippen LogP contribution in [-0.2, 0) is 0 Å². The van der Waals surface area contributed by atoms with Crippen molar-refractivity contribution in [3.8, 4) is 0 Å². The van der Waals surface area contributed by atoms with Gasteiger partial charge in [-0.3, -0.25) is 0 Å². The van der Waals surface area contributed by atoms with Crippen molar-refractivity contribution in [1.29, 1.82) is 0 Å². The molecule has 0 aromatic carbocycles. The zero-order valence-electron chi connectivity index (χ0n) is 11.8. The first-order valence-electron chi connectivity index (χ1n) is 6.99. The van der Waals surface area contributed by atoms with Gasteiger partial charge in [0.05, 0.1) is 20.6 Å². The fraction of sp³-hybridized carbons (Fsp3) is 1.00. The van der Waals surface area contributed by atoms with Crippen molar-refractivity contribution in [3.63, 3.8) is 0 Å². The predicted octanol–water partition coefficient (Wildman–Crippen LogP) is 4.34. The summed E-state index contributed by atoms with van der Waals surface area (Å²) in [5.74, 6) is 0.572. The average Bonchev–Trinajstić information content (AvgIpc) is 2.13. The molecule has 0 heterocycles. The van der Waals surface area contributed by atoms with Crippen molar-refractivity contribution in [2.24, 2.45) is 5.92 Å². The Labute approximate surface area is 102 Å². The number of hydrogen-bond acceptors (Lipinski definition) is 1. The van der Waals surface area contributed by atoms with E-state index in [9.17, 15) is 5.21 Å². The van der Waals surface area contributed by atoms with Crippen LogP contribution in [0, 0.1) is 11.1 Å². The molecule has 0 spiro atoms. The molecule has 0 saturated heterocycles. The molecule has 0 N–H and O–H groups in total. The fourth-order valence-corrected chi connectivity index (χ4v) is 2.29. The quantitative estimate of drug-likeness (QED) is 0.310. The molecule has 0 bridgehead atoms. The topological polar surface area (TPSA) is 23.1 Å². The summed E-state index contributed by atoms with van der Waals surface area (Å²) < 4.78 is -0.141. The van der Waals surface area contributed by atoms with Gasteiger partial charge in [0.25, 0.3) is 0 Å². The van der Waals surface area contributed by atoms with Crippen LogP contribution in [0.1, 0.15) is 65.2 Å². The summed E-state index contributed by atoms with van der Waals surface area (Å²) in [5, 5.41) is 11.5. The van der Waals surface area contributed by atoms with E-state index in [2.05, 4.69) is 13.8 Å². The molecule has 1 atom stereocenters.